The molecule has 0 saturated heterocycles. The molecule has 0 spiro atoms. The van der Waals surface area contributed by atoms with Crippen LogP contribution in [0.3, 0.4) is 0 Å². The monoisotopic (exact) mass is 325 g/mol. The van der Waals surface area contributed by atoms with Gasteiger partial charge in [-0.3, -0.25) is 19.0 Å². The van der Waals surface area contributed by atoms with Crippen LogP contribution in [0.1, 0.15) is 29.3 Å². The minimum Gasteiger partial charge on any atom is -0.345 e. The zero-order valence-electron chi connectivity index (χ0n) is 12.9. The Morgan fingerprint density at radius 1 is 1.25 bits per heavy atom. The van der Waals surface area contributed by atoms with Gasteiger partial charge in [-0.15, -0.1) is 10.2 Å². The third kappa shape index (κ3) is 3.35. The quantitative estimate of drug-likeness (QED) is 0.689. The first kappa shape index (κ1) is 15.5. The van der Waals surface area contributed by atoms with Crippen molar-refractivity contribution < 1.29 is 9.59 Å². The molecule has 122 valence electrons. The normalized spacial score (nSPS) is 11.9. The standard InChI is InChI=1S/C15H15N7O2/c1-10(14-21-20-12-4-2-3-7-22(12)14)19-13(23)9-18-15(24)11-8-16-5-6-17-11/h2-8,10H,9H2,1H3,(H,18,24)(H,19,23)/t10-/m0/s1. The number of rotatable bonds is 5. The predicted octanol–water partition coefficient (Wildman–Crippen LogP) is 0.126. The van der Waals surface area contributed by atoms with Crippen LogP contribution in [0.4, 0.5) is 0 Å². The second-order valence-electron chi connectivity index (χ2n) is 5.05. The maximum atomic E-state index is 12.0. The molecule has 3 heterocycles. The number of nitrogens with one attached hydrogen (secondary N) is 2. The number of hydrogen-bond donors (Lipinski definition) is 2. The fraction of sp³-hybridized carbons (Fsp3) is 0.200. The predicted molar refractivity (Wildman–Crippen MR) is 83.9 cm³/mol. The summed E-state index contributed by atoms with van der Waals surface area (Å²) in [6, 6.07) is 5.18. The van der Waals surface area contributed by atoms with Crippen LogP contribution in [0.25, 0.3) is 5.65 Å². The number of pyridine rings is 1. The van der Waals surface area contributed by atoms with Crippen LogP contribution in [-0.2, 0) is 4.79 Å². The molecule has 2 N–H and O–H groups in total. The lowest BCUT2D eigenvalue weighted by Crippen LogP contribution is -2.38. The molecular formula is C15H15N7O2. The number of hydrogen-bond acceptors (Lipinski definition) is 6. The minimum absolute atomic E-state index is 0.154. The van der Waals surface area contributed by atoms with Crippen LogP contribution in [0.5, 0.6) is 0 Å². The first-order chi connectivity index (χ1) is 11.6. The van der Waals surface area contributed by atoms with Crippen LogP contribution >= 0.6 is 0 Å². The first-order valence-corrected chi connectivity index (χ1v) is 7.28. The zero-order valence-corrected chi connectivity index (χ0v) is 12.9. The molecule has 0 aliphatic rings. The second-order valence-corrected chi connectivity index (χ2v) is 5.05. The Morgan fingerprint density at radius 3 is 2.92 bits per heavy atom. The highest BCUT2D eigenvalue weighted by Gasteiger charge is 2.16. The Balaban J connectivity index is 1.58. The molecule has 0 aromatic carbocycles. The molecule has 0 unspecified atom stereocenters. The van der Waals surface area contributed by atoms with E-state index in [2.05, 4.69) is 30.8 Å². The lowest BCUT2D eigenvalue weighted by atomic mass is 10.3. The molecule has 0 aliphatic carbocycles. The Bertz CT molecular complexity index is 862. The number of aromatic nitrogens is 5. The summed E-state index contributed by atoms with van der Waals surface area (Å²) in [6.45, 7) is 1.63. The van der Waals surface area contributed by atoms with Gasteiger partial charge in [0.25, 0.3) is 5.91 Å². The second kappa shape index (κ2) is 6.82. The van der Waals surface area contributed by atoms with Crippen molar-refractivity contribution in [2.24, 2.45) is 0 Å². The fourth-order valence-corrected chi connectivity index (χ4v) is 2.18. The third-order valence-corrected chi connectivity index (χ3v) is 3.31. The van der Waals surface area contributed by atoms with Gasteiger partial charge < -0.3 is 10.6 Å². The van der Waals surface area contributed by atoms with Gasteiger partial charge in [0, 0.05) is 18.6 Å². The van der Waals surface area contributed by atoms with E-state index in [-0.39, 0.29) is 24.2 Å². The highest BCUT2D eigenvalue weighted by molar-refractivity contribution is 5.94. The molecule has 9 nitrogen and oxygen atoms in total. The molecule has 0 aliphatic heterocycles. The van der Waals surface area contributed by atoms with E-state index in [0.717, 1.165) is 0 Å². The van der Waals surface area contributed by atoms with E-state index >= 15 is 0 Å². The lowest BCUT2D eigenvalue weighted by Gasteiger charge is -2.12. The molecule has 0 bridgehead atoms. The largest absolute Gasteiger partial charge is 0.345 e. The molecule has 1 atom stereocenters. The number of fused-ring (bicyclic) bond motifs is 1. The van der Waals surface area contributed by atoms with E-state index in [1.54, 1.807) is 11.3 Å². The molecule has 3 aromatic rings. The van der Waals surface area contributed by atoms with Crippen molar-refractivity contribution in [3.05, 3.63) is 54.5 Å². The van der Waals surface area contributed by atoms with Gasteiger partial charge in [-0.05, 0) is 19.1 Å². The molecule has 3 aromatic heterocycles. The molecule has 0 radical (unpaired) electrons. The van der Waals surface area contributed by atoms with E-state index in [4.69, 9.17) is 0 Å². The van der Waals surface area contributed by atoms with E-state index in [1.807, 2.05) is 24.4 Å². The van der Waals surface area contributed by atoms with Gasteiger partial charge in [0.2, 0.25) is 5.91 Å². The maximum Gasteiger partial charge on any atom is 0.271 e. The first-order valence-electron chi connectivity index (χ1n) is 7.28. The van der Waals surface area contributed by atoms with Gasteiger partial charge in [0.1, 0.15) is 5.69 Å². The summed E-state index contributed by atoms with van der Waals surface area (Å²) in [6.07, 6.45) is 6.03. The topological polar surface area (TPSA) is 114 Å². The summed E-state index contributed by atoms with van der Waals surface area (Å²) in [5, 5.41) is 13.4. The van der Waals surface area contributed by atoms with Gasteiger partial charge in [-0.25, -0.2) is 4.98 Å². The van der Waals surface area contributed by atoms with Crippen molar-refractivity contribution in [1.29, 1.82) is 0 Å². The highest BCUT2D eigenvalue weighted by Crippen LogP contribution is 2.11. The Kier molecular flexibility index (Phi) is 4.41. The molecule has 24 heavy (non-hydrogen) atoms. The summed E-state index contributed by atoms with van der Waals surface area (Å²) in [5.74, 6) is -0.189. The molecule has 9 heteroatoms. The zero-order chi connectivity index (χ0) is 16.9. The highest BCUT2D eigenvalue weighted by atomic mass is 16.2. The number of nitrogens with zero attached hydrogens (tertiary/aromatic N) is 5. The Labute approximate surface area is 137 Å². The van der Waals surface area contributed by atoms with Crippen molar-refractivity contribution >= 4 is 17.5 Å². The summed E-state index contributed by atoms with van der Waals surface area (Å²) < 4.78 is 1.79. The van der Waals surface area contributed by atoms with Crippen molar-refractivity contribution in [3.8, 4) is 0 Å². The molecule has 0 fully saturated rings. The molecule has 2 amide bonds. The number of amides is 2. The van der Waals surface area contributed by atoms with Gasteiger partial charge >= 0.3 is 0 Å². The number of carbonyl (C=O) groups is 2. The third-order valence-electron chi connectivity index (χ3n) is 3.31. The summed E-state index contributed by atoms with van der Waals surface area (Å²) in [4.78, 5) is 31.5. The Hall–Kier alpha value is -3.36. The van der Waals surface area contributed by atoms with Crippen LogP contribution in [-0.4, -0.2) is 42.9 Å². The van der Waals surface area contributed by atoms with Crippen molar-refractivity contribution in [1.82, 2.24) is 35.2 Å². The van der Waals surface area contributed by atoms with Gasteiger partial charge in [-0.1, -0.05) is 6.07 Å². The van der Waals surface area contributed by atoms with E-state index in [9.17, 15) is 9.59 Å². The van der Waals surface area contributed by atoms with Gasteiger partial charge in [0.05, 0.1) is 18.8 Å². The molecule has 0 saturated carbocycles. The Morgan fingerprint density at radius 2 is 2.12 bits per heavy atom. The summed E-state index contributed by atoms with van der Waals surface area (Å²) in [5.41, 5.74) is 0.853. The van der Waals surface area contributed by atoms with Crippen LogP contribution in [0, 0.1) is 0 Å². The van der Waals surface area contributed by atoms with Crippen molar-refractivity contribution in [2.75, 3.05) is 6.54 Å². The van der Waals surface area contributed by atoms with Crippen LogP contribution < -0.4 is 10.6 Å². The maximum absolute atomic E-state index is 12.0. The van der Waals surface area contributed by atoms with E-state index < -0.39 is 5.91 Å². The average Bonchev–Trinajstić information content (AvgIpc) is 3.04. The summed E-state index contributed by atoms with van der Waals surface area (Å²) >= 11 is 0. The summed E-state index contributed by atoms with van der Waals surface area (Å²) in [7, 11) is 0. The average molecular weight is 325 g/mol. The molecular weight excluding hydrogens is 310 g/mol. The molecule has 3 rings (SSSR count). The number of carbonyl (C=O) groups excluding carboxylic acids is 2. The lowest BCUT2D eigenvalue weighted by molar-refractivity contribution is -0.120. The smallest absolute Gasteiger partial charge is 0.271 e. The van der Waals surface area contributed by atoms with Crippen LogP contribution in [0.2, 0.25) is 0 Å². The minimum atomic E-state index is -0.459. The van der Waals surface area contributed by atoms with Gasteiger partial charge in [-0.2, -0.15) is 0 Å². The SMILES string of the molecule is C[C@H](NC(=O)CNC(=O)c1cnccn1)c1nnc2ccccn12. The van der Waals surface area contributed by atoms with E-state index in [0.29, 0.717) is 11.5 Å². The van der Waals surface area contributed by atoms with Crippen molar-refractivity contribution in [2.45, 2.75) is 13.0 Å². The van der Waals surface area contributed by atoms with Gasteiger partial charge in [0.15, 0.2) is 11.5 Å². The van der Waals surface area contributed by atoms with Crippen LogP contribution in [0.15, 0.2) is 43.0 Å². The fourth-order valence-electron chi connectivity index (χ4n) is 2.18. The van der Waals surface area contributed by atoms with Crippen molar-refractivity contribution in [3.63, 3.8) is 0 Å². The van der Waals surface area contributed by atoms with E-state index in [1.165, 1.54) is 18.6 Å².